The van der Waals surface area contributed by atoms with Crippen molar-refractivity contribution in [3.8, 4) is 5.75 Å². The van der Waals surface area contributed by atoms with Crippen LogP contribution in [0.1, 0.15) is 0 Å². The van der Waals surface area contributed by atoms with Crippen molar-refractivity contribution in [3.05, 3.63) is 52.6 Å². The summed E-state index contributed by atoms with van der Waals surface area (Å²) >= 11 is 0. The summed E-state index contributed by atoms with van der Waals surface area (Å²) in [6.45, 7) is 0. The topological polar surface area (TPSA) is 125 Å². The predicted octanol–water partition coefficient (Wildman–Crippen LogP) is 1.99. The molecule has 0 aliphatic heterocycles. The standard InChI is InChI=1S/C13H13N3O5S/c1-21-10-4-2-9(3-5-10)15-12-7-6-11(22(14,19)20)8-13(12)16(17)18/h2-8,15H,1H3,(H2,14,19,20). The van der Waals surface area contributed by atoms with Crippen LogP contribution >= 0.6 is 0 Å². The fourth-order valence-electron chi connectivity index (χ4n) is 1.78. The molecule has 0 atom stereocenters. The van der Waals surface area contributed by atoms with E-state index in [9.17, 15) is 18.5 Å². The maximum absolute atomic E-state index is 11.3. The van der Waals surface area contributed by atoms with Crippen LogP contribution in [0.25, 0.3) is 0 Å². The van der Waals surface area contributed by atoms with E-state index >= 15 is 0 Å². The van der Waals surface area contributed by atoms with Gasteiger partial charge in [0.2, 0.25) is 10.0 Å². The summed E-state index contributed by atoms with van der Waals surface area (Å²) in [6, 6.07) is 10.1. The number of benzene rings is 2. The zero-order valence-electron chi connectivity index (χ0n) is 11.5. The first-order chi connectivity index (χ1) is 10.3. The Kier molecular flexibility index (Phi) is 4.29. The number of nitrogens with two attached hydrogens (primary N) is 1. The van der Waals surface area contributed by atoms with Gasteiger partial charge in [-0.3, -0.25) is 10.1 Å². The number of hydrogen-bond acceptors (Lipinski definition) is 6. The van der Waals surface area contributed by atoms with E-state index in [-0.39, 0.29) is 16.3 Å². The third-order valence-electron chi connectivity index (χ3n) is 2.86. The number of rotatable bonds is 5. The van der Waals surface area contributed by atoms with Crippen LogP contribution in [0, 0.1) is 10.1 Å². The fourth-order valence-corrected chi connectivity index (χ4v) is 2.31. The van der Waals surface area contributed by atoms with Crippen molar-refractivity contribution in [2.24, 2.45) is 5.14 Å². The van der Waals surface area contributed by atoms with Gasteiger partial charge in [-0.05, 0) is 36.4 Å². The molecule has 0 aliphatic rings. The lowest BCUT2D eigenvalue weighted by atomic mass is 10.2. The molecule has 0 fully saturated rings. The van der Waals surface area contributed by atoms with Crippen LogP contribution in [-0.4, -0.2) is 20.5 Å². The van der Waals surface area contributed by atoms with Gasteiger partial charge >= 0.3 is 0 Å². The van der Waals surface area contributed by atoms with Gasteiger partial charge in [0.05, 0.1) is 16.9 Å². The van der Waals surface area contributed by atoms with Gasteiger partial charge in [-0.1, -0.05) is 0 Å². The molecular formula is C13H13N3O5S. The SMILES string of the molecule is COc1ccc(Nc2ccc(S(N)(=O)=O)cc2[N+](=O)[O-])cc1. The van der Waals surface area contributed by atoms with E-state index in [2.05, 4.69) is 5.32 Å². The summed E-state index contributed by atoms with van der Waals surface area (Å²) in [4.78, 5) is 10.1. The second-order valence-corrected chi connectivity index (χ2v) is 5.90. The van der Waals surface area contributed by atoms with Crippen molar-refractivity contribution in [1.29, 1.82) is 0 Å². The third kappa shape index (κ3) is 3.51. The average molecular weight is 323 g/mol. The highest BCUT2D eigenvalue weighted by Crippen LogP contribution is 2.30. The summed E-state index contributed by atoms with van der Waals surface area (Å²) in [5.74, 6) is 0.643. The molecule has 22 heavy (non-hydrogen) atoms. The zero-order chi connectivity index (χ0) is 16.3. The summed E-state index contributed by atoms with van der Waals surface area (Å²) in [5.41, 5.74) is 0.358. The normalized spacial score (nSPS) is 11.0. The van der Waals surface area contributed by atoms with Crippen molar-refractivity contribution in [3.63, 3.8) is 0 Å². The molecule has 3 N–H and O–H groups in total. The van der Waals surface area contributed by atoms with E-state index in [1.807, 2.05) is 0 Å². The highest BCUT2D eigenvalue weighted by Gasteiger charge is 2.19. The summed E-state index contributed by atoms with van der Waals surface area (Å²) < 4.78 is 27.6. The van der Waals surface area contributed by atoms with Crippen LogP contribution in [0.15, 0.2) is 47.4 Å². The lowest BCUT2D eigenvalue weighted by molar-refractivity contribution is -0.384. The predicted molar refractivity (Wildman–Crippen MR) is 80.7 cm³/mol. The van der Waals surface area contributed by atoms with Gasteiger partial charge in [-0.2, -0.15) is 0 Å². The van der Waals surface area contributed by atoms with E-state index in [4.69, 9.17) is 9.88 Å². The molecule has 2 rings (SSSR count). The van der Waals surface area contributed by atoms with Crippen LogP contribution in [0.5, 0.6) is 5.75 Å². The molecule has 8 nitrogen and oxygen atoms in total. The van der Waals surface area contributed by atoms with Crippen LogP contribution in [0.3, 0.4) is 0 Å². The minimum absolute atomic E-state index is 0.155. The molecule has 9 heteroatoms. The lowest BCUT2D eigenvalue weighted by Crippen LogP contribution is -2.12. The Labute approximate surface area is 126 Å². The van der Waals surface area contributed by atoms with E-state index in [0.29, 0.717) is 11.4 Å². The Hall–Kier alpha value is -2.65. The molecular weight excluding hydrogens is 310 g/mol. The summed E-state index contributed by atoms with van der Waals surface area (Å²) in [6.07, 6.45) is 0. The smallest absolute Gasteiger partial charge is 0.294 e. The van der Waals surface area contributed by atoms with E-state index in [1.54, 1.807) is 24.3 Å². The van der Waals surface area contributed by atoms with Crippen molar-refractivity contribution in [2.45, 2.75) is 4.90 Å². The largest absolute Gasteiger partial charge is 0.497 e. The summed E-state index contributed by atoms with van der Waals surface area (Å²) in [5, 5.41) is 18.9. The molecule has 0 bridgehead atoms. The van der Waals surface area contributed by atoms with Gasteiger partial charge in [-0.15, -0.1) is 0 Å². The molecule has 0 radical (unpaired) electrons. The Balaban J connectivity index is 2.39. The minimum Gasteiger partial charge on any atom is -0.497 e. The summed E-state index contributed by atoms with van der Waals surface area (Å²) in [7, 11) is -2.48. The average Bonchev–Trinajstić information content (AvgIpc) is 2.47. The number of ether oxygens (including phenoxy) is 1. The minimum atomic E-state index is -4.01. The van der Waals surface area contributed by atoms with Crippen molar-refractivity contribution in [2.75, 3.05) is 12.4 Å². The quantitative estimate of drug-likeness (QED) is 0.640. The fraction of sp³-hybridized carbons (Fsp3) is 0.0769. The maximum atomic E-state index is 11.3. The van der Waals surface area contributed by atoms with Gasteiger partial charge in [0, 0.05) is 11.8 Å². The number of anilines is 2. The number of nitrogens with one attached hydrogen (secondary N) is 1. The van der Waals surface area contributed by atoms with Crippen molar-refractivity contribution in [1.82, 2.24) is 0 Å². The molecule has 2 aromatic rings. The number of methoxy groups -OCH3 is 1. The van der Waals surface area contributed by atoms with Crippen LogP contribution in [-0.2, 0) is 10.0 Å². The first-order valence-electron chi connectivity index (χ1n) is 6.03. The number of nitro groups is 1. The molecule has 116 valence electrons. The van der Waals surface area contributed by atoms with E-state index in [0.717, 1.165) is 6.07 Å². The molecule has 0 spiro atoms. The van der Waals surface area contributed by atoms with Crippen molar-refractivity contribution < 1.29 is 18.1 Å². The van der Waals surface area contributed by atoms with Crippen LogP contribution in [0.2, 0.25) is 0 Å². The number of nitrogens with zero attached hydrogens (tertiary/aromatic N) is 1. The zero-order valence-corrected chi connectivity index (χ0v) is 12.3. The monoisotopic (exact) mass is 323 g/mol. The van der Waals surface area contributed by atoms with Gasteiger partial charge in [0.25, 0.3) is 5.69 Å². The first kappa shape index (κ1) is 15.7. The Bertz CT molecular complexity index is 803. The second kappa shape index (κ2) is 6.00. The number of primary sulfonamides is 1. The van der Waals surface area contributed by atoms with E-state index in [1.165, 1.54) is 19.2 Å². The highest BCUT2D eigenvalue weighted by atomic mass is 32.2. The van der Waals surface area contributed by atoms with Gasteiger partial charge in [0.1, 0.15) is 11.4 Å². The van der Waals surface area contributed by atoms with Gasteiger partial charge in [-0.25, -0.2) is 13.6 Å². The van der Waals surface area contributed by atoms with Crippen LogP contribution < -0.4 is 15.2 Å². The van der Waals surface area contributed by atoms with Gasteiger partial charge < -0.3 is 10.1 Å². The molecule has 2 aromatic carbocycles. The lowest BCUT2D eigenvalue weighted by Gasteiger charge is -2.09. The Morgan fingerprint density at radius 2 is 1.82 bits per heavy atom. The number of sulfonamides is 1. The molecule has 0 saturated carbocycles. The molecule has 0 saturated heterocycles. The highest BCUT2D eigenvalue weighted by molar-refractivity contribution is 7.89. The second-order valence-electron chi connectivity index (χ2n) is 4.33. The molecule has 0 amide bonds. The van der Waals surface area contributed by atoms with Crippen molar-refractivity contribution >= 4 is 27.1 Å². The molecule has 0 aliphatic carbocycles. The molecule has 0 aromatic heterocycles. The van der Waals surface area contributed by atoms with E-state index < -0.39 is 14.9 Å². The first-order valence-corrected chi connectivity index (χ1v) is 7.58. The number of hydrogen-bond donors (Lipinski definition) is 2. The number of nitro benzene ring substituents is 1. The third-order valence-corrected chi connectivity index (χ3v) is 3.77. The Morgan fingerprint density at radius 1 is 1.18 bits per heavy atom. The molecule has 0 heterocycles. The Morgan fingerprint density at radius 3 is 2.32 bits per heavy atom. The van der Waals surface area contributed by atoms with Gasteiger partial charge in [0.15, 0.2) is 0 Å². The van der Waals surface area contributed by atoms with Crippen LogP contribution in [0.4, 0.5) is 17.1 Å². The maximum Gasteiger partial charge on any atom is 0.294 e. The molecule has 0 unspecified atom stereocenters.